The summed E-state index contributed by atoms with van der Waals surface area (Å²) in [5.74, 6) is 0.475. The van der Waals surface area contributed by atoms with Gasteiger partial charge in [-0.15, -0.1) is 0 Å². The molecule has 0 bridgehead atoms. The van der Waals surface area contributed by atoms with Crippen LogP contribution in [0, 0.1) is 6.92 Å². The summed E-state index contributed by atoms with van der Waals surface area (Å²) >= 11 is 0. The van der Waals surface area contributed by atoms with Crippen molar-refractivity contribution >= 4 is 17.6 Å². The van der Waals surface area contributed by atoms with Crippen molar-refractivity contribution in [3.63, 3.8) is 0 Å². The zero-order chi connectivity index (χ0) is 20.8. The average Bonchev–Trinajstić information content (AvgIpc) is 3.31. The Labute approximate surface area is 176 Å². The van der Waals surface area contributed by atoms with Gasteiger partial charge in [-0.25, -0.2) is 0 Å². The molecule has 1 atom stereocenters. The Bertz CT molecular complexity index is 1110. The number of nitrogens with one attached hydrogen (secondary N) is 1. The molecule has 3 aromatic carbocycles. The molecular weight excluding hydrogens is 370 g/mol. The second-order valence-corrected chi connectivity index (χ2v) is 7.17. The zero-order valence-corrected chi connectivity index (χ0v) is 16.8. The largest absolute Gasteiger partial charge is 0.465 e. The predicted molar refractivity (Wildman–Crippen MR) is 121 cm³/mol. The minimum absolute atomic E-state index is 0.160. The molecule has 0 aliphatic rings. The molecule has 1 heterocycles. The highest BCUT2D eigenvalue weighted by Crippen LogP contribution is 2.25. The monoisotopic (exact) mass is 393 g/mol. The third kappa shape index (κ3) is 4.58. The molecular formula is C27H23NO2. The van der Waals surface area contributed by atoms with Gasteiger partial charge in [0.15, 0.2) is 0 Å². The van der Waals surface area contributed by atoms with E-state index >= 15 is 0 Å². The molecule has 3 heteroatoms. The lowest BCUT2D eigenvalue weighted by Gasteiger charge is -2.21. The summed E-state index contributed by atoms with van der Waals surface area (Å²) in [4.78, 5) is 13.5. The van der Waals surface area contributed by atoms with E-state index in [1.54, 1.807) is 12.3 Å². The second kappa shape index (κ2) is 9.10. The van der Waals surface area contributed by atoms with E-state index in [4.69, 9.17) is 4.42 Å². The van der Waals surface area contributed by atoms with Gasteiger partial charge in [-0.1, -0.05) is 90.5 Å². The first-order valence-electron chi connectivity index (χ1n) is 9.94. The fourth-order valence-corrected chi connectivity index (χ4v) is 3.39. The van der Waals surface area contributed by atoms with Gasteiger partial charge < -0.3 is 9.73 Å². The van der Waals surface area contributed by atoms with Gasteiger partial charge in [-0.3, -0.25) is 4.79 Å². The second-order valence-electron chi connectivity index (χ2n) is 7.17. The maximum absolute atomic E-state index is 13.5. The number of hydrogen-bond acceptors (Lipinski definition) is 2. The fourth-order valence-electron chi connectivity index (χ4n) is 3.39. The molecule has 30 heavy (non-hydrogen) atoms. The minimum Gasteiger partial charge on any atom is -0.465 e. The lowest BCUT2D eigenvalue weighted by molar-refractivity contribution is -0.116. The maximum Gasteiger partial charge on any atom is 0.252 e. The third-order valence-corrected chi connectivity index (χ3v) is 4.98. The van der Waals surface area contributed by atoms with Crippen LogP contribution < -0.4 is 5.32 Å². The number of aryl methyl sites for hydroxylation is 1. The van der Waals surface area contributed by atoms with Gasteiger partial charge in [-0.2, -0.15) is 0 Å². The van der Waals surface area contributed by atoms with Crippen molar-refractivity contribution in [1.82, 2.24) is 5.32 Å². The Morgan fingerprint density at radius 3 is 2.07 bits per heavy atom. The SMILES string of the molecule is Cc1ccc([C@@H](NC(=O)/C(=C/c2ccco2)c2ccccc2)c2ccccc2)cc1. The van der Waals surface area contributed by atoms with E-state index < -0.39 is 0 Å². The first-order valence-corrected chi connectivity index (χ1v) is 9.94. The molecule has 0 unspecified atom stereocenters. The van der Waals surface area contributed by atoms with Crippen LogP contribution in [0.1, 0.15) is 34.1 Å². The number of furan rings is 1. The van der Waals surface area contributed by atoms with Crippen LogP contribution in [0.5, 0.6) is 0 Å². The Morgan fingerprint density at radius 1 is 0.800 bits per heavy atom. The Kier molecular flexibility index (Phi) is 5.90. The summed E-state index contributed by atoms with van der Waals surface area (Å²) in [5, 5.41) is 3.23. The number of amides is 1. The van der Waals surface area contributed by atoms with E-state index in [9.17, 15) is 4.79 Å². The summed E-state index contributed by atoms with van der Waals surface area (Å²) in [6, 6.07) is 31.3. The van der Waals surface area contributed by atoms with Crippen molar-refractivity contribution in [2.24, 2.45) is 0 Å². The third-order valence-electron chi connectivity index (χ3n) is 4.98. The molecule has 4 aromatic rings. The van der Waals surface area contributed by atoms with Crippen LogP contribution in [0.3, 0.4) is 0 Å². The van der Waals surface area contributed by atoms with Gasteiger partial charge in [-0.05, 0) is 41.8 Å². The van der Waals surface area contributed by atoms with Gasteiger partial charge in [0.05, 0.1) is 17.9 Å². The lowest BCUT2D eigenvalue weighted by Crippen LogP contribution is -2.30. The van der Waals surface area contributed by atoms with E-state index in [1.807, 2.05) is 72.8 Å². The molecule has 1 amide bonds. The zero-order valence-electron chi connectivity index (χ0n) is 16.8. The summed E-state index contributed by atoms with van der Waals surface area (Å²) in [6.45, 7) is 2.06. The number of hydrogen-bond donors (Lipinski definition) is 1. The number of benzene rings is 3. The smallest absolute Gasteiger partial charge is 0.252 e. The van der Waals surface area contributed by atoms with Crippen molar-refractivity contribution < 1.29 is 9.21 Å². The van der Waals surface area contributed by atoms with Crippen molar-refractivity contribution in [3.8, 4) is 0 Å². The summed E-state index contributed by atoms with van der Waals surface area (Å²) in [5.41, 5.74) is 4.63. The molecule has 0 fully saturated rings. The van der Waals surface area contributed by atoms with E-state index in [1.165, 1.54) is 5.56 Å². The van der Waals surface area contributed by atoms with Crippen LogP contribution in [0.4, 0.5) is 0 Å². The quantitative estimate of drug-likeness (QED) is 0.406. The highest BCUT2D eigenvalue weighted by atomic mass is 16.3. The Morgan fingerprint density at radius 2 is 1.43 bits per heavy atom. The first kappa shape index (κ1) is 19.5. The van der Waals surface area contributed by atoms with Crippen molar-refractivity contribution in [2.75, 3.05) is 0 Å². The molecule has 0 aliphatic heterocycles. The summed E-state index contributed by atoms with van der Waals surface area (Å²) in [7, 11) is 0. The van der Waals surface area contributed by atoms with E-state index in [2.05, 4.69) is 36.5 Å². The molecule has 0 aliphatic carbocycles. The molecule has 1 aromatic heterocycles. The van der Waals surface area contributed by atoms with E-state index in [0.29, 0.717) is 11.3 Å². The summed E-state index contributed by atoms with van der Waals surface area (Å²) < 4.78 is 5.47. The van der Waals surface area contributed by atoms with Crippen LogP contribution in [0.2, 0.25) is 0 Å². The highest BCUT2D eigenvalue weighted by molar-refractivity contribution is 6.24. The van der Waals surface area contributed by atoms with Crippen molar-refractivity contribution in [3.05, 3.63) is 131 Å². The van der Waals surface area contributed by atoms with E-state index in [0.717, 1.165) is 16.7 Å². The van der Waals surface area contributed by atoms with Gasteiger partial charge in [0, 0.05) is 0 Å². The highest BCUT2D eigenvalue weighted by Gasteiger charge is 2.20. The summed E-state index contributed by atoms with van der Waals surface area (Å²) in [6.07, 6.45) is 3.38. The van der Waals surface area contributed by atoms with Crippen molar-refractivity contribution in [1.29, 1.82) is 0 Å². The molecule has 0 saturated heterocycles. The molecule has 4 rings (SSSR count). The van der Waals surface area contributed by atoms with Crippen LogP contribution in [-0.4, -0.2) is 5.91 Å². The van der Waals surface area contributed by atoms with E-state index in [-0.39, 0.29) is 11.9 Å². The average molecular weight is 393 g/mol. The first-order chi connectivity index (χ1) is 14.7. The molecule has 0 spiro atoms. The molecule has 148 valence electrons. The van der Waals surface area contributed by atoms with Crippen LogP contribution >= 0.6 is 0 Å². The van der Waals surface area contributed by atoms with Crippen LogP contribution in [-0.2, 0) is 4.79 Å². The van der Waals surface area contributed by atoms with Gasteiger partial charge >= 0.3 is 0 Å². The molecule has 3 nitrogen and oxygen atoms in total. The Hall–Kier alpha value is -3.85. The minimum atomic E-state index is -0.261. The van der Waals surface area contributed by atoms with Gasteiger partial charge in [0.1, 0.15) is 5.76 Å². The lowest BCUT2D eigenvalue weighted by atomic mass is 9.96. The van der Waals surface area contributed by atoms with Crippen molar-refractivity contribution in [2.45, 2.75) is 13.0 Å². The Balaban J connectivity index is 1.72. The van der Waals surface area contributed by atoms with Crippen LogP contribution in [0.15, 0.2) is 108 Å². The molecule has 0 radical (unpaired) electrons. The maximum atomic E-state index is 13.5. The molecule has 1 N–H and O–H groups in total. The van der Waals surface area contributed by atoms with Gasteiger partial charge in [0.25, 0.3) is 5.91 Å². The number of rotatable bonds is 6. The molecule has 0 saturated carbocycles. The normalized spacial score (nSPS) is 12.4. The standard InChI is InChI=1S/C27H23NO2/c1-20-14-16-23(17-15-20)26(22-11-6-3-7-12-22)28-27(29)25(19-24-13-8-18-30-24)21-9-4-2-5-10-21/h2-19,26H,1H3,(H,28,29)/b25-19+/t26-/m0/s1. The van der Waals surface area contributed by atoms with Gasteiger partial charge in [0.2, 0.25) is 0 Å². The number of carbonyl (C=O) groups is 1. The predicted octanol–water partition coefficient (Wildman–Crippen LogP) is 6.03. The fraction of sp³-hybridized carbons (Fsp3) is 0.0741. The number of carbonyl (C=O) groups excluding carboxylic acids is 1. The van der Waals surface area contributed by atoms with Crippen LogP contribution in [0.25, 0.3) is 11.6 Å². The topological polar surface area (TPSA) is 42.2 Å².